The summed E-state index contributed by atoms with van der Waals surface area (Å²) in [5.41, 5.74) is 1.50. The zero-order valence-corrected chi connectivity index (χ0v) is 12.1. The number of carbonyl (C=O) groups is 1. The van der Waals surface area contributed by atoms with Gasteiger partial charge in [-0.05, 0) is 39.7 Å². The van der Waals surface area contributed by atoms with Gasteiger partial charge in [0.1, 0.15) is 11.6 Å². The SMILES string of the molecule is N#C/C(=C/c1ccccc1)C(=O)Nc1ccccc1Br. The number of benzene rings is 2. The van der Waals surface area contributed by atoms with E-state index >= 15 is 0 Å². The molecule has 0 aliphatic heterocycles. The number of hydrogen-bond donors (Lipinski definition) is 1. The van der Waals surface area contributed by atoms with Crippen LogP contribution in [-0.4, -0.2) is 5.91 Å². The number of nitrogens with one attached hydrogen (secondary N) is 1. The van der Waals surface area contributed by atoms with Crippen molar-refractivity contribution >= 4 is 33.6 Å². The highest BCUT2D eigenvalue weighted by atomic mass is 79.9. The number of anilines is 1. The lowest BCUT2D eigenvalue weighted by molar-refractivity contribution is -0.112. The second-order valence-corrected chi connectivity index (χ2v) is 4.87. The van der Waals surface area contributed by atoms with Crippen LogP contribution in [0.1, 0.15) is 5.56 Å². The highest BCUT2D eigenvalue weighted by Gasteiger charge is 2.10. The lowest BCUT2D eigenvalue weighted by atomic mass is 10.1. The molecule has 0 aliphatic carbocycles. The minimum Gasteiger partial charge on any atom is -0.320 e. The molecule has 0 fully saturated rings. The largest absolute Gasteiger partial charge is 0.320 e. The molecule has 0 spiro atoms. The Labute approximate surface area is 125 Å². The van der Waals surface area contributed by atoms with E-state index in [9.17, 15) is 4.79 Å². The van der Waals surface area contributed by atoms with Gasteiger partial charge in [-0.25, -0.2) is 0 Å². The van der Waals surface area contributed by atoms with Gasteiger partial charge in [0.15, 0.2) is 0 Å². The number of halogens is 1. The second-order valence-electron chi connectivity index (χ2n) is 4.01. The maximum Gasteiger partial charge on any atom is 0.266 e. The molecule has 98 valence electrons. The smallest absolute Gasteiger partial charge is 0.266 e. The molecule has 2 rings (SSSR count). The van der Waals surface area contributed by atoms with Gasteiger partial charge >= 0.3 is 0 Å². The van der Waals surface area contributed by atoms with Gasteiger partial charge < -0.3 is 5.32 Å². The zero-order valence-electron chi connectivity index (χ0n) is 10.5. The molecule has 0 radical (unpaired) electrons. The van der Waals surface area contributed by atoms with Gasteiger partial charge in [0, 0.05) is 4.47 Å². The summed E-state index contributed by atoms with van der Waals surface area (Å²) in [6.45, 7) is 0. The Morgan fingerprint density at radius 3 is 2.40 bits per heavy atom. The fourth-order valence-electron chi connectivity index (χ4n) is 1.62. The van der Waals surface area contributed by atoms with Crippen molar-refractivity contribution in [3.8, 4) is 6.07 Å². The summed E-state index contributed by atoms with van der Waals surface area (Å²) >= 11 is 3.35. The molecule has 2 aromatic carbocycles. The molecule has 3 nitrogen and oxygen atoms in total. The number of carbonyl (C=O) groups excluding carboxylic acids is 1. The van der Waals surface area contributed by atoms with Crippen LogP contribution in [0.4, 0.5) is 5.69 Å². The molecular weight excluding hydrogens is 316 g/mol. The van der Waals surface area contributed by atoms with Crippen LogP contribution in [0.25, 0.3) is 6.08 Å². The molecule has 0 bridgehead atoms. The molecule has 0 saturated carbocycles. The predicted octanol–water partition coefficient (Wildman–Crippen LogP) is 3.99. The van der Waals surface area contributed by atoms with Crippen LogP contribution < -0.4 is 5.32 Å². The van der Waals surface area contributed by atoms with Crippen molar-refractivity contribution < 1.29 is 4.79 Å². The van der Waals surface area contributed by atoms with Crippen molar-refractivity contribution in [2.45, 2.75) is 0 Å². The number of rotatable bonds is 3. The van der Waals surface area contributed by atoms with Crippen LogP contribution in [0.5, 0.6) is 0 Å². The van der Waals surface area contributed by atoms with E-state index < -0.39 is 5.91 Å². The van der Waals surface area contributed by atoms with E-state index in [1.165, 1.54) is 0 Å². The molecule has 4 heteroatoms. The fraction of sp³-hybridized carbons (Fsp3) is 0. The lowest BCUT2D eigenvalue weighted by Crippen LogP contribution is -2.13. The molecule has 2 aromatic rings. The van der Waals surface area contributed by atoms with E-state index in [4.69, 9.17) is 5.26 Å². The first-order valence-electron chi connectivity index (χ1n) is 5.93. The summed E-state index contributed by atoms with van der Waals surface area (Å²) in [6, 6.07) is 18.4. The Morgan fingerprint density at radius 1 is 1.10 bits per heavy atom. The molecule has 0 aromatic heterocycles. The van der Waals surface area contributed by atoms with Crippen LogP contribution in [0.15, 0.2) is 64.6 Å². The van der Waals surface area contributed by atoms with Crippen LogP contribution in [0.3, 0.4) is 0 Å². The average molecular weight is 327 g/mol. The fourth-order valence-corrected chi connectivity index (χ4v) is 2.00. The van der Waals surface area contributed by atoms with Crippen LogP contribution in [0.2, 0.25) is 0 Å². The van der Waals surface area contributed by atoms with Crippen molar-refractivity contribution in [3.63, 3.8) is 0 Å². The van der Waals surface area contributed by atoms with E-state index in [0.29, 0.717) is 5.69 Å². The minimum absolute atomic E-state index is 0.0620. The summed E-state index contributed by atoms with van der Waals surface area (Å²) in [7, 11) is 0. The first kappa shape index (κ1) is 14.0. The second kappa shape index (κ2) is 6.69. The third-order valence-corrected chi connectivity index (χ3v) is 3.29. The van der Waals surface area contributed by atoms with Gasteiger partial charge in [-0.2, -0.15) is 5.26 Å². The Kier molecular flexibility index (Phi) is 4.70. The topological polar surface area (TPSA) is 52.9 Å². The first-order valence-corrected chi connectivity index (χ1v) is 6.73. The first-order chi connectivity index (χ1) is 9.70. The highest BCUT2D eigenvalue weighted by molar-refractivity contribution is 9.10. The standard InChI is InChI=1S/C16H11BrN2O/c17-14-8-4-5-9-15(14)19-16(20)13(11-18)10-12-6-2-1-3-7-12/h1-10H,(H,19,20)/b13-10-. The number of nitrogens with zero attached hydrogens (tertiary/aromatic N) is 1. The minimum atomic E-state index is -0.428. The van der Waals surface area contributed by atoms with E-state index in [0.717, 1.165) is 10.0 Å². The maximum atomic E-state index is 12.1. The summed E-state index contributed by atoms with van der Waals surface area (Å²) in [4.78, 5) is 12.1. The van der Waals surface area contributed by atoms with Crippen molar-refractivity contribution in [3.05, 3.63) is 70.2 Å². The molecule has 0 atom stereocenters. The molecule has 20 heavy (non-hydrogen) atoms. The Morgan fingerprint density at radius 2 is 1.75 bits per heavy atom. The molecule has 0 saturated heterocycles. The van der Waals surface area contributed by atoms with Crippen LogP contribution >= 0.6 is 15.9 Å². The van der Waals surface area contributed by atoms with E-state index in [-0.39, 0.29) is 5.57 Å². The molecular formula is C16H11BrN2O. The van der Waals surface area contributed by atoms with Crippen LogP contribution in [-0.2, 0) is 4.79 Å². The predicted molar refractivity (Wildman–Crippen MR) is 82.8 cm³/mol. The lowest BCUT2D eigenvalue weighted by Gasteiger charge is -2.06. The summed E-state index contributed by atoms with van der Waals surface area (Å²) in [6.07, 6.45) is 1.56. The number of nitriles is 1. The number of hydrogen-bond acceptors (Lipinski definition) is 2. The van der Waals surface area contributed by atoms with Crippen LogP contribution in [0, 0.1) is 11.3 Å². The monoisotopic (exact) mass is 326 g/mol. The van der Waals surface area contributed by atoms with Gasteiger partial charge in [-0.1, -0.05) is 42.5 Å². The maximum absolute atomic E-state index is 12.1. The van der Waals surface area contributed by atoms with Gasteiger partial charge in [-0.15, -0.1) is 0 Å². The van der Waals surface area contributed by atoms with Crippen molar-refractivity contribution in [1.29, 1.82) is 5.26 Å². The third-order valence-electron chi connectivity index (χ3n) is 2.60. The van der Waals surface area contributed by atoms with Gasteiger partial charge in [0.25, 0.3) is 5.91 Å². The van der Waals surface area contributed by atoms with E-state index in [1.54, 1.807) is 12.1 Å². The summed E-state index contributed by atoms with van der Waals surface area (Å²) in [5.74, 6) is -0.428. The van der Waals surface area contributed by atoms with Crippen molar-refractivity contribution in [2.24, 2.45) is 0 Å². The Balaban J connectivity index is 2.21. The number of amides is 1. The Bertz CT molecular complexity index is 687. The summed E-state index contributed by atoms with van der Waals surface area (Å²) in [5, 5.41) is 11.8. The average Bonchev–Trinajstić information content (AvgIpc) is 2.48. The molecule has 1 N–H and O–H groups in total. The van der Waals surface area contributed by atoms with Crippen molar-refractivity contribution in [2.75, 3.05) is 5.32 Å². The van der Waals surface area contributed by atoms with E-state index in [2.05, 4.69) is 21.2 Å². The normalized spacial score (nSPS) is 10.7. The van der Waals surface area contributed by atoms with Gasteiger partial charge in [-0.3, -0.25) is 4.79 Å². The third kappa shape index (κ3) is 3.56. The quantitative estimate of drug-likeness (QED) is 0.684. The number of para-hydroxylation sites is 1. The highest BCUT2D eigenvalue weighted by Crippen LogP contribution is 2.21. The molecule has 0 unspecified atom stereocenters. The van der Waals surface area contributed by atoms with Gasteiger partial charge in [0.05, 0.1) is 5.69 Å². The molecule has 0 aliphatic rings. The zero-order chi connectivity index (χ0) is 14.4. The van der Waals surface area contributed by atoms with Gasteiger partial charge in [0.2, 0.25) is 0 Å². The molecule has 1 amide bonds. The van der Waals surface area contributed by atoms with E-state index in [1.807, 2.05) is 54.6 Å². The molecule has 0 heterocycles. The Hall–Kier alpha value is -2.38. The van der Waals surface area contributed by atoms with Crippen molar-refractivity contribution in [1.82, 2.24) is 0 Å². The summed E-state index contributed by atoms with van der Waals surface area (Å²) < 4.78 is 0.769.